The Hall–Kier alpha value is -6.87. The van der Waals surface area contributed by atoms with Crippen molar-refractivity contribution in [1.29, 1.82) is 0 Å². The molecule has 6 aliphatic heterocycles. The molecule has 0 aromatic heterocycles. The minimum atomic E-state index is -4.15. The van der Waals surface area contributed by atoms with E-state index in [-0.39, 0.29) is 39.8 Å². The number of hydrogen-bond donors (Lipinski definition) is 0. The third-order valence-electron chi connectivity index (χ3n) is 22.3. The summed E-state index contributed by atoms with van der Waals surface area (Å²) in [4.78, 5) is 60.5. The monoisotopic (exact) mass is 1510 g/mol. The van der Waals surface area contributed by atoms with Gasteiger partial charge in [-0.3, -0.25) is 19.2 Å². The number of benzene rings is 6. The number of anilines is 2. The number of piperazine rings is 2. The molecule has 0 radical (unpaired) electrons. The Labute approximate surface area is 610 Å². The number of ether oxygens (including phenoxy) is 2. The van der Waals surface area contributed by atoms with Gasteiger partial charge in [-0.1, -0.05) is 202 Å². The average molecular weight is 1520 g/mol. The molecule has 0 bridgehead atoms. The van der Waals surface area contributed by atoms with Gasteiger partial charge in [-0.2, -0.15) is 0 Å². The zero-order valence-corrected chi connectivity index (χ0v) is 66.7. The first-order valence-corrected chi connectivity index (χ1v) is 43.7. The number of carbonyl (C=O) groups is 4. The highest BCUT2D eigenvalue weighted by atomic mass is 79.9. The molecule has 12 rings (SSSR count). The summed E-state index contributed by atoms with van der Waals surface area (Å²) in [6.45, 7) is 33.7. The fourth-order valence-corrected chi connectivity index (χ4v) is 33.1. The lowest BCUT2D eigenvalue weighted by Gasteiger charge is -2.44. The maximum atomic E-state index is 14.6. The number of alkyl halides is 1. The number of carbonyl (C=O) groups excluding carboxylic acids is 4. The van der Waals surface area contributed by atoms with Crippen LogP contribution in [0.4, 0.5) is 11.4 Å². The smallest absolute Gasteiger partial charge is 0.266 e. The van der Waals surface area contributed by atoms with E-state index >= 15 is 0 Å². The molecular weight excluding hydrogens is 1410 g/mol. The van der Waals surface area contributed by atoms with E-state index in [4.69, 9.17) is 18.3 Å². The van der Waals surface area contributed by atoms with Crippen molar-refractivity contribution < 1.29 is 54.3 Å². The highest BCUT2D eigenvalue weighted by molar-refractivity contribution is 9.09. The largest absolute Gasteiger partial charge is 0.494 e. The molecule has 6 aromatic carbocycles. The molecule has 18 nitrogen and oxygen atoms in total. The molecule has 6 aromatic rings. The lowest BCUT2D eigenvalue weighted by atomic mass is 9.72. The summed E-state index contributed by atoms with van der Waals surface area (Å²) >= 11 is 3.79. The Morgan fingerprint density at radius 2 is 0.782 bits per heavy atom. The van der Waals surface area contributed by atoms with E-state index < -0.39 is 82.9 Å². The minimum Gasteiger partial charge on any atom is -0.494 e. The number of likely N-dealkylation sites (N-methyl/N-ethyl adjacent to an activating group) is 2. The van der Waals surface area contributed by atoms with Crippen LogP contribution in [0.15, 0.2) is 174 Å². The lowest BCUT2D eigenvalue weighted by molar-refractivity contribution is -0.158. The summed E-state index contributed by atoms with van der Waals surface area (Å²) < 4.78 is 83.7. The van der Waals surface area contributed by atoms with Gasteiger partial charge in [0.05, 0.1) is 44.1 Å². The first-order valence-electron chi connectivity index (χ1n) is 35.7. The molecule has 4 amide bonds. The normalized spacial score (nSPS) is 23.3. The number of sulfonamides is 2. The third kappa shape index (κ3) is 13.5. The van der Waals surface area contributed by atoms with Gasteiger partial charge in [-0.15, -0.1) is 0 Å². The Morgan fingerprint density at radius 3 is 1.21 bits per heavy atom. The van der Waals surface area contributed by atoms with Gasteiger partial charge in [-0.25, -0.2) is 25.4 Å². The van der Waals surface area contributed by atoms with Crippen LogP contribution in [-0.2, 0) is 57.8 Å². The van der Waals surface area contributed by atoms with Crippen molar-refractivity contribution >= 4 is 87.6 Å². The molecular formula is C78H103BrN6O12S2Si2. The van der Waals surface area contributed by atoms with Crippen molar-refractivity contribution in [2.45, 2.75) is 212 Å². The number of halogens is 1. The van der Waals surface area contributed by atoms with E-state index in [0.29, 0.717) is 70.0 Å². The van der Waals surface area contributed by atoms with Gasteiger partial charge >= 0.3 is 0 Å². The van der Waals surface area contributed by atoms with Gasteiger partial charge in [0, 0.05) is 46.6 Å². The fourth-order valence-electron chi connectivity index (χ4n) is 17.5. The Kier molecular flexibility index (Phi) is 23.1. The van der Waals surface area contributed by atoms with E-state index in [1.165, 1.54) is 35.4 Å². The Balaban J connectivity index is 0.000000182. The maximum absolute atomic E-state index is 14.6. The third-order valence-corrected chi connectivity index (χ3v) is 39.3. The highest BCUT2D eigenvalue weighted by Crippen LogP contribution is 2.62. The molecule has 0 unspecified atom stereocenters. The molecule has 23 heteroatoms. The van der Waals surface area contributed by atoms with E-state index in [9.17, 15) is 36.0 Å². The number of para-hydroxylation sites is 3. The molecule has 101 heavy (non-hydrogen) atoms. The average Bonchev–Trinajstić information content (AvgIpc) is 1.49. The fraction of sp³-hybridized carbons (Fsp3) is 0.487. The van der Waals surface area contributed by atoms with Crippen LogP contribution in [0, 0.1) is 0 Å². The van der Waals surface area contributed by atoms with Crippen LogP contribution in [0.1, 0.15) is 139 Å². The molecule has 0 saturated carbocycles. The standard InChI is InChI=1S/C39H51N3O6SSi.C21H20BrN3O4S.C18H32O2Si/c1-26(2)50(27(3)4,28(5)6)48-24-14-23-47-31-21-19-30(20-22-31)39-25-35-37(44)40(8)29(7)36(43)41(35)38(39)42(34-18-13-12-17-33(34)39)49(45,46)32-15-10-9-11-16-32;1-13-18(26)24-17(19(27)23(13)2)12-21(22)15-10-6-7-11-16(15)25(20(21)24)30(28,29)14-8-4-3-5-9-14;1-15(2)21(16(3)4,17(5)6)20-14-10-13-19-18-11-8-7-9-12-18/h9-13,15-22,26-29,35,38H,14,23-25H2,1-8H3;3-11,13,17,20H,12H2,1-2H3;7-9,11-12,15-17H,10,13-14H2,1-6H3/t29-,35-,38-,39-;13-,17-,20-,21-;/m00./s1. The molecule has 8 atom stereocenters. The van der Waals surface area contributed by atoms with E-state index in [1.54, 1.807) is 99.6 Å². The van der Waals surface area contributed by atoms with Crippen LogP contribution in [0.5, 0.6) is 11.5 Å². The predicted molar refractivity (Wildman–Crippen MR) is 406 cm³/mol. The number of amides is 4. The van der Waals surface area contributed by atoms with Gasteiger partial charge in [0.15, 0.2) is 16.6 Å². The van der Waals surface area contributed by atoms with Crippen LogP contribution >= 0.6 is 15.9 Å². The topological polar surface area (TPSA) is 193 Å². The molecule has 544 valence electrons. The predicted octanol–water partition coefficient (Wildman–Crippen LogP) is 14.9. The van der Waals surface area contributed by atoms with Gasteiger partial charge < -0.3 is 37.9 Å². The molecule has 4 saturated heterocycles. The summed E-state index contributed by atoms with van der Waals surface area (Å²) in [5, 5.41) is 0. The number of hydrogen-bond acceptors (Lipinski definition) is 12. The van der Waals surface area contributed by atoms with Gasteiger partial charge in [0.1, 0.15) is 48.0 Å². The second kappa shape index (κ2) is 30.4. The van der Waals surface area contributed by atoms with Crippen LogP contribution < -0.4 is 18.1 Å². The van der Waals surface area contributed by atoms with Crippen LogP contribution in [-0.4, -0.2) is 154 Å². The molecule has 0 spiro atoms. The molecule has 6 heterocycles. The Morgan fingerprint density at radius 1 is 0.436 bits per heavy atom. The van der Waals surface area contributed by atoms with E-state index in [2.05, 4.69) is 99.0 Å². The van der Waals surface area contributed by atoms with Gasteiger partial charge in [0.2, 0.25) is 23.6 Å². The first kappa shape index (κ1) is 76.8. The van der Waals surface area contributed by atoms with Crippen LogP contribution in [0.2, 0.25) is 33.2 Å². The van der Waals surface area contributed by atoms with E-state index in [1.807, 2.05) is 84.9 Å². The van der Waals surface area contributed by atoms with Crippen molar-refractivity contribution in [3.05, 3.63) is 180 Å². The quantitative estimate of drug-likeness (QED) is 0.0335. The van der Waals surface area contributed by atoms with Crippen molar-refractivity contribution in [1.82, 2.24) is 19.6 Å². The SMILES string of the molecule is CC(C)[Si](OCCCOc1ccc([C@]23C[C@H]4C(=O)N(C)[C@@H](C)C(=O)N4[C@H]2N(S(=O)(=O)c2ccccc2)c2ccccc23)cc1)(C(C)C)C(C)C.CC(C)[Si](OCCCOc1ccccc1)(C(C)C)C(C)C.C[C@H]1C(=O)N2[C@@H](C[C@]3(Br)c4ccccc4N(S(=O)(=O)c4ccccc4)[C@H]23)C(=O)N1C. The first-order chi connectivity index (χ1) is 47.8. The van der Waals surface area contributed by atoms with Crippen molar-refractivity contribution in [2.24, 2.45) is 0 Å². The molecule has 0 aliphatic carbocycles. The summed E-state index contributed by atoms with van der Waals surface area (Å²) in [7, 11) is -8.54. The van der Waals surface area contributed by atoms with Crippen molar-refractivity contribution in [3.63, 3.8) is 0 Å². The molecule has 6 aliphatic rings. The lowest BCUT2D eigenvalue weighted by Crippen LogP contribution is -2.65. The summed E-state index contributed by atoms with van der Waals surface area (Å²) in [6.07, 6.45) is 0.437. The second-order valence-electron chi connectivity index (χ2n) is 29.6. The Bertz CT molecular complexity index is 4120. The number of rotatable bonds is 23. The number of nitrogens with zero attached hydrogens (tertiary/aromatic N) is 6. The summed E-state index contributed by atoms with van der Waals surface area (Å²) in [5.41, 5.74) is 5.88. The second-order valence-corrected chi connectivity index (χ2v) is 45.6. The van der Waals surface area contributed by atoms with Crippen molar-refractivity contribution in [3.8, 4) is 11.5 Å². The van der Waals surface area contributed by atoms with Crippen LogP contribution in [0.25, 0.3) is 0 Å². The van der Waals surface area contributed by atoms with Crippen molar-refractivity contribution in [2.75, 3.05) is 49.1 Å². The van der Waals surface area contributed by atoms with Crippen LogP contribution in [0.3, 0.4) is 0 Å². The van der Waals surface area contributed by atoms with Gasteiger partial charge in [-0.05, 0) is 131 Å². The summed E-state index contributed by atoms with van der Waals surface area (Å²) in [6, 6.07) is 45.9. The molecule has 0 N–H and O–H groups in total. The van der Waals surface area contributed by atoms with E-state index in [0.717, 1.165) is 48.5 Å². The summed E-state index contributed by atoms with van der Waals surface area (Å²) in [5.74, 6) is 0.740. The minimum absolute atomic E-state index is 0.123. The number of fused-ring (bicyclic) bond motifs is 10. The highest BCUT2D eigenvalue weighted by Gasteiger charge is 2.70. The zero-order chi connectivity index (χ0) is 73.5. The molecule has 4 fully saturated rings. The van der Waals surface area contributed by atoms with Gasteiger partial charge in [0.25, 0.3) is 20.0 Å². The zero-order valence-electron chi connectivity index (χ0n) is 61.5. The maximum Gasteiger partial charge on any atom is 0.266 e.